The number of nitrogens with two attached hydrogens (primary N) is 1. The van der Waals surface area contributed by atoms with Gasteiger partial charge in [0.05, 0.1) is 22.5 Å². The number of allylic oxidation sites excluding steroid dienone is 2. The fourth-order valence-electron chi connectivity index (χ4n) is 4.09. The third kappa shape index (κ3) is 3.06. The zero-order valence-corrected chi connectivity index (χ0v) is 16.3. The van der Waals surface area contributed by atoms with Crippen molar-refractivity contribution in [3.8, 4) is 5.75 Å². The number of amides is 3. The Kier molecular flexibility index (Phi) is 4.55. The van der Waals surface area contributed by atoms with E-state index in [1.54, 1.807) is 12.1 Å². The van der Waals surface area contributed by atoms with Crippen molar-refractivity contribution >= 4 is 51.5 Å². The van der Waals surface area contributed by atoms with Gasteiger partial charge in [0.2, 0.25) is 0 Å². The van der Waals surface area contributed by atoms with Gasteiger partial charge in [-0.05, 0) is 46.3 Å². The van der Waals surface area contributed by atoms with Gasteiger partial charge in [0.25, 0.3) is 17.7 Å². The van der Waals surface area contributed by atoms with Crippen molar-refractivity contribution in [2.24, 2.45) is 34.5 Å². The highest BCUT2D eigenvalue weighted by Gasteiger charge is 2.59. The van der Waals surface area contributed by atoms with E-state index in [-0.39, 0.29) is 42.1 Å². The zero-order valence-electron chi connectivity index (χ0n) is 14.0. The highest BCUT2D eigenvalue weighted by atomic mass is 79.9. The number of benzene rings is 1. The lowest BCUT2D eigenvalue weighted by Gasteiger charge is -2.13. The molecule has 140 valence electrons. The summed E-state index contributed by atoms with van der Waals surface area (Å²) in [5.74, 6) is -1.30. The van der Waals surface area contributed by atoms with Crippen molar-refractivity contribution in [2.45, 2.75) is 6.42 Å². The van der Waals surface area contributed by atoms with E-state index in [2.05, 4.69) is 21.0 Å². The molecule has 1 saturated heterocycles. The number of carbonyl (C=O) groups excluding carboxylic acids is 3. The van der Waals surface area contributed by atoms with Gasteiger partial charge in [0.15, 0.2) is 6.61 Å². The first kappa shape index (κ1) is 18.2. The molecule has 1 aromatic rings. The van der Waals surface area contributed by atoms with Gasteiger partial charge >= 0.3 is 0 Å². The number of imide groups is 1. The third-order valence-corrected chi connectivity index (χ3v) is 5.96. The Hall–Kier alpha value is -2.19. The molecule has 7 nitrogen and oxygen atoms in total. The lowest BCUT2D eigenvalue weighted by Crippen LogP contribution is -2.28. The minimum Gasteiger partial charge on any atom is -0.482 e. The second-order valence-electron chi connectivity index (χ2n) is 6.79. The summed E-state index contributed by atoms with van der Waals surface area (Å²) in [6.45, 7) is -0.332. The van der Waals surface area contributed by atoms with Gasteiger partial charge < -0.3 is 10.5 Å². The number of carbonyl (C=O) groups is 3. The van der Waals surface area contributed by atoms with Crippen molar-refractivity contribution < 1.29 is 19.1 Å². The van der Waals surface area contributed by atoms with E-state index in [1.165, 1.54) is 6.21 Å². The van der Waals surface area contributed by atoms with E-state index in [1.807, 2.05) is 12.2 Å². The van der Waals surface area contributed by atoms with Crippen LogP contribution in [0.5, 0.6) is 5.75 Å². The lowest BCUT2D eigenvalue weighted by atomic mass is 9.85. The van der Waals surface area contributed by atoms with Gasteiger partial charge in [-0.2, -0.15) is 10.1 Å². The maximum Gasteiger partial charge on any atom is 0.255 e. The molecule has 0 radical (unpaired) electrons. The Bertz CT molecular complexity index is 886. The van der Waals surface area contributed by atoms with Crippen molar-refractivity contribution in [2.75, 3.05) is 6.61 Å². The molecule has 0 spiro atoms. The normalized spacial score (nSPS) is 28.4. The number of hydrazone groups is 1. The van der Waals surface area contributed by atoms with E-state index < -0.39 is 5.91 Å². The van der Waals surface area contributed by atoms with Gasteiger partial charge in [-0.1, -0.05) is 23.8 Å². The number of halogens is 2. The molecule has 9 heteroatoms. The molecule has 1 saturated carbocycles. The fourth-order valence-corrected chi connectivity index (χ4v) is 5.04. The van der Waals surface area contributed by atoms with Crippen LogP contribution in [0, 0.1) is 23.7 Å². The molecule has 1 heterocycles. The maximum atomic E-state index is 12.7. The molecule has 1 aromatic carbocycles. The second kappa shape index (κ2) is 6.76. The van der Waals surface area contributed by atoms with Gasteiger partial charge in [-0.3, -0.25) is 14.4 Å². The summed E-state index contributed by atoms with van der Waals surface area (Å²) in [6.07, 6.45) is 6.23. The van der Waals surface area contributed by atoms with Crippen LogP contribution in [0.15, 0.2) is 33.9 Å². The van der Waals surface area contributed by atoms with E-state index in [0.717, 1.165) is 11.4 Å². The Labute approximate surface area is 168 Å². The zero-order chi connectivity index (χ0) is 19.3. The van der Waals surface area contributed by atoms with Crippen molar-refractivity contribution in [3.63, 3.8) is 0 Å². The van der Waals surface area contributed by atoms with Gasteiger partial charge in [-0.25, -0.2) is 0 Å². The fraction of sp³-hybridized carbons (Fsp3) is 0.333. The SMILES string of the molecule is NC(=O)COc1c(Br)cc(Cl)cc1C=NN1C(=O)C2C3C=CC(C3)C2C1=O. The van der Waals surface area contributed by atoms with Crippen LogP contribution in [0.2, 0.25) is 5.02 Å². The van der Waals surface area contributed by atoms with E-state index in [4.69, 9.17) is 22.1 Å². The topological polar surface area (TPSA) is 102 Å². The number of hydrogen-bond donors (Lipinski definition) is 1. The average Bonchev–Trinajstić information content (AvgIpc) is 3.27. The molecule has 3 aliphatic rings. The number of hydrogen-bond acceptors (Lipinski definition) is 5. The summed E-state index contributed by atoms with van der Waals surface area (Å²) in [4.78, 5) is 36.4. The average molecular weight is 453 g/mol. The molecular weight excluding hydrogens is 438 g/mol. The number of nitrogens with zero attached hydrogens (tertiary/aromatic N) is 2. The van der Waals surface area contributed by atoms with Crippen LogP contribution in [-0.2, 0) is 14.4 Å². The Morgan fingerprint density at radius 2 is 1.93 bits per heavy atom. The molecule has 3 amide bonds. The molecule has 2 aliphatic carbocycles. The van der Waals surface area contributed by atoms with Crippen LogP contribution in [0.4, 0.5) is 0 Å². The molecule has 0 aromatic heterocycles. The minimum atomic E-state index is -0.638. The predicted molar refractivity (Wildman–Crippen MR) is 101 cm³/mol. The second-order valence-corrected chi connectivity index (χ2v) is 8.08. The first-order valence-electron chi connectivity index (χ1n) is 8.37. The van der Waals surface area contributed by atoms with Gasteiger partial charge in [0.1, 0.15) is 5.75 Å². The molecule has 2 bridgehead atoms. The minimum absolute atomic E-state index is 0.117. The molecule has 2 N–H and O–H groups in total. The molecule has 4 unspecified atom stereocenters. The number of fused-ring (bicyclic) bond motifs is 5. The molecule has 4 atom stereocenters. The monoisotopic (exact) mass is 451 g/mol. The molecule has 27 heavy (non-hydrogen) atoms. The third-order valence-electron chi connectivity index (χ3n) is 5.16. The Balaban J connectivity index is 1.61. The first-order chi connectivity index (χ1) is 12.9. The molecule has 4 rings (SSSR count). The Morgan fingerprint density at radius 3 is 2.52 bits per heavy atom. The van der Waals surface area contributed by atoms with Gasteiger partial charge in [-0.15, -0.1) is 0 Å². The summed E-state index contributed by atoms with van der Waals surface area (Å²) in [5, 5.41) is 5.45. The maximum absolute atomic E-state index is 12.7. The van der Waals surface area contributed by atoms with Crippen LogP contribution in [-0.4, -0.2) is 35.6 Å². The number of rotatable bonds is 5. The van der Waals surface area contributed by atoms with Crippen molar-refractivity contribution in [1.29, 1.82) is 0 Å². The van der Waals surface area contributed by atoms with Crippen LogP contribution >= 0.6 is 27.5 Å². The quantitative estimate of drug-likeness (QED) is 0.420. The van der Waals surface area contributed by atoms with E-state index in [9.17, 15) is 14.4 Å². The Morgan fingerprint density at radius 1 is 1.30 bits per heavy atom. The number of ether oxygens (including phenoxy) is 1. The van der Waals surface area contributed by atoms with Crippen LogP contribution in [0.3, 0.4) is 0 Å². The molecule has 2 fully saturated rings. The van der Waals surface area contributed by atoms with Crippen molar-refractivity contribution in [1.82, 2.24) is 5.01 Å². The summed E-state index contributed by atoms with van der Waals surface area (Å²) in [6, 6.07) is 3.15. The highest BCUT2D eigenvalue weighted by Crippen LogP contribution is 2.52. The van der Waals surface area contributed by atoms with E-state index in [0.29, 0.717) is 20.8 Å². The van der Waals surface area contributed by atoms with Crippen LogP contribution < -0.4 is 10.5 Å². The summed E-state index contributed by atoms with van der Waals surface area (Å²) < 4.78 is 5.90. The first-order valence-corrected chi connectivity index (χ1v) is 9.54. The molecule has 1 aliphatic heterocycles. The van der Waals surface area contributed by atoms with Crippen molar-refractivity contribution in [3.05, 3.63) is 39.3 Å². The predicted octanol–water partition coefficient (Wildman–Crippen LogP) is 2.11. The van der Waals surface area contributed by atoms with E-state index >= 15 is 0 Å². The lowest BCUT2D eigenvalue weighted by molar-refractivity contribution is -0.140. The van der Waals surface area contributed by atoms with Crippen LogP contribution in [0.1, 0.15) is 12.0 Å². The largest absolute Gasteiger partial charge is 0.482 e. The molecular formula is C18H15BrClN3O4. The summed E-state index contributed by atoms with van der Waals surface area (Å²) >= 11 is 9.38. The summed E-state index contributed by atoms with van der Waals surface area (Å²) in [7, 11) is 0. The number of primary amides is 1. The standard InChI is InChI=1S/C18H15BrClN3O4/c19-12-5-11(20)4-10(16(12)27-7-13(21)24)6-22-23-17(25)14-8-1-2-9(3-8)15(14)18(23)26/h1-2,4-6,8-9,14-15H,3,7H2,(H2,21,24). The highest BCUT2D eigenvalue weighted by molar-refractivity contribution is 9.10. The van der Waals surface area contributed by atoms with Gasteiger partial charge in [0, 0.05) is 10.6 Å². The smallest absolute Gasteiger partial charge is 0.255 e. The summed E-state index contributed by atoms with van der Waals surface area (Å²) in [5.41, 5.74) is 5.53. The van der Waals surface area contributed by atoms with Crippen LogP contribution in [0.25, 0.3) is 0 Å².